The van der Waals surface area contributed by atoms with Gasteiger partial charge in [0.15, 0.2) is 0 Å². The van der Waals surface area contributed by atoms with Crippen molar-refractivity contribution in [1.29, 1.82) is 0 Å². The van der Waals surface area contributed by atoms with Gasteiger partial charge in [0.1, 0.15) is 4.34 Å². The molecule has 1 aliphatic carbocycles. The van der Waals surface area contributed by atoms with Crippen molar-refractivity contribution in [3.63, 3.8) is 0 Å². The summed E-state index contributed by atoms with van der Waals surface area (Å²) >= 11 is 3.38. The molecule has 1 aliphatic rings. The molecule has 1 fully saturated rings. The Balaban J connectivity index is 1.95. The Morgan fingerprint density at radius 3 is 3.08 bits per heavy atom. The molecule has 2 nitrogen and oxygen atoms in total. The predicted octanol–water partition coefficient (Wildman–Crippen LogP) is 2.15. The molecular weight excluding hydrogens is 190 g/mol. The first-order chi connectivity index (χ1) is 5.86. The summed E-state index contributed by atoms with van der Waals surface area (Å²) in [5.41, 5.74) is 0. The van der Waals surface area contributed by atoms with Crippen LogP contribution in [0.25, 0.3) is 0 Å². The van der Waals surface area contributed by atoms with Gasteiger partial charge in [0.25, 0.3) is 0 Å². The minimum Gasteiger partial charge on any atom is -0.392 e. The normalized spacial score (nSPS) is 29.4. The van der Waals surface area contributed by atoms with E-state index in [1.54, 1.807) is 23.1 Å². The van der Waals surface area contributed by atoms with Gasteiger partial charge in [-0.25, -0.2) is 4.98 Å². The summed E-state index contributed by atoms with van der Waals surface area (Å²) in [4.78, 5) is 4.18. The Bertz CT molecular complexity index is 237. The molecule has 2 rings (SSSR count). The average Bonchev–Trinajstić information content (AvgIpc) is 2.65. The second-order valence-corrected chi connectivity index (χ2v) is 5.33. The number of aromatic nitrogens is 1. The van der Waals surface area contributed by atoms with Crippen LogP contribution < -0.4 is 0 Å². The highest BCUT2D eigenvalue weighted by atomic mass is 32.2. The van der Waals surface area contributed by atoms with E-state index in [4.69, 9.17) is 0 Å². The van der Waals surface area contributed by atoms with E-state index in [-0.39, 0.29) is 6.10 Å². The monoisotopic (exact) mass is 201 g/mol. The number of thiazole rings is 1. The molecule has 4 heteroatoms. The molecular formula is C8H11NOS2. The van der Waals surface area contributed by atoms with Crippen molar-refractivity contribution in [2.45, 2.75) is 35.0 Å². The van der Waals surface area contributed by atoms with Crippen LogP contribution in [0.1, 0.15) is 19.3 Å². The maximum absolute atomic E-state index is 9.54. The third-order valence-electron chi connectivity index (χ3n) is 2.08. The molecule has 2 atom stereocenters. The van der Waals surface area contributed by atoms with E-state index in [1.165, 1.54) is 0 Å². The molecule has 12 heavy (non-hydrogen) atoms. The summed E-state index contributed by atoms with van der Waals surface area (Å²) in [6, 6.07) is 0. The fourth-order valence-corrected chi connectivity index (χ4v) is 3.52. The molecule has 1 N–H and O–H groups in total. The van der Waals surface area contributed by atoms with Crippen LogP contribution in [0.5, 0.6) is 0 Å². The zero-order valence-corrected chi connectivity index (χ0v) is 8.27. The van der Waals surface area contributed by atoms with Gasteiger partial charge in [-0.2, -0.15) is 0 Å². The number of hydrogen-bond donors (Lipinski definition) is 1. The minimum atomic E-state index is -0.112. The molecule has 0 unspecified atom stereocenters. The van der Waals surface area contributed by atoms with Gasteiger partial charge < -0.3 is 5.11 Å². The van der Waals surface area contributed by atoms with E-state index in [9.17, 15) is 5.11 Å². The van der Waals surface area contributed by atoms with Gasteiger partial charge in [-0.3, -0.25) is 0 Å². The SMILES string of the molecule is O[C@@H]1CCC[C@H]1Sc1nccs1. The molecule has 1 aromatic rings. The number of aliphatic hydroxyl groups is 1. The lowest BCUT2D eigenvalue weighted by atomic mass is 10.3. The van der Waals surface area contributed by atoms with Crippen molar-refractivity contribution in [2.24, 2.45) is 0 Å². The zero-order chi connectivity index (χ0) is 8.39. The smallest absolute Gasteiger partial charge is 0.150 e. The molecule has 0 aromatic carbocycles. The van der Waals surface area contributed by atoms with Crippen LogP contribution in [0.4, 0.5) is 0 Å². The van der Waals surface area contributed by atoms with Gasteiger partial charge in [-0.15, -0.1) is 11.3 Å². The molecule has 1 aromatic heterocycles. The molecule has 1 heterocycles. The van der Waals surface area contributed by atoms with Crippen LogP contribution in [0.15, 0.2) is 15.9 Å². The highest BCUT2D eigenvalue weighted by Gasteiger charge is 2.26. The lowest BCUT2D eigenvalue weighted by Gasteiger charge is -2.10. The Hall–Kier alpha value is -0.0600. The van der Waals surface area contributed by atoms with Crippen LogP contribution in [-0.2, 0) is 0 Å². The lowest BCUT2D eigenvalue weighted by molar-refractivity contribution is 0.188. The lowest BCUT2D eigenvalue weighted by Crippen LogP contribution is -2.14. The number of rotatable bonds is 2. The van der Waals surface area contributed by atoms with E-state index in [0.717, 1.165) is 23.6 Å². The summed E-state index contributed by atoms with van der Waals surface area (Å²) in [7, 11) is 0. The first-order valence-electron chi connectivity index (χ1n) is 4.10. The number of hydrogen-bond acceptors (Lipinski definition) is 4. The Morgan fingerprint density at radius 2 is 2.50 bits per heavy atom. The third kappa shape index (κ3) is 1.81. The van der Waals surface area contributed by atoms with E-state index < -0.39 is 0 Å². The summed E-state index contributed by atoms with van der Waals surface area (Å²) < 4.78 is 1.08. The van der Waals surface area contributed by atoms with E-state index in [1.807, 2.05) is 11.6 Å². The molecule has 0 aliphatic heterocycles. The van der Waals surface area contributed by atoms with Gasteiger partial charge in [-0.05, 0) is 19.3 Å². The van der Waals surface area contributed by atoms with Crippen LogP contribution in [0, 0.1) is 0 Å². The molecule has 0 spiro atoms. The second kappa shape index (κ2) is 3.77. The van der Waals surface area contributed by atoms with Gasteiger partial charge in [0.05, 0.1) is 6.10 Å². The van der Waals surface area contributed by atoms with Crippen molar-refractivity contribution < 1.29 is 5.11 Å². The van der Waals surface area contributed by atoms with Crippen LogP contribution in [0.3, 0.4) is 0 Å². The quantitative estimate of drug-likeness (QED) is 0.796. The topological polar surface area (TPSA) is 33.1 Å². The van der Waals surface area contributed by atoms with Gasteiger partial charge in [-0.1, -0.05) is 11.8 Å². The average molecular weight is 201 g/mol. The third-order valence-corrected chi connectivity index (χ3v) is 4.38. The molecule has 1 saturated carbocycles. The number of aliphatic hydroxyl groups excluding tert-OH is 1. The molecule has 0 amide bonds. The van der Waals surface area contributed by atoms with Crippen molar-refractivity contribution >= 4 is 23.1 Å². The van der Waals surface area contributed by atoms with Crippen molar-refractivity contribution in [2.75, 3.05) is 0 Å². The van der Waals surface area contributed by atoms with Crippen LogP contribution >= 0.6 is 23.1 Å². The summed E-state index contributed by atoms with van der Waals surface area (Å²) in [5, 5.41) is 11.9. The van der Waals surface area contributed by atoms with Crippen molar-refractivity contribution in [1.82, 2.24) is 4.98 Å². The Morgan fingerprint density at radius 1 is 1.58 bits per heavy atom. The first kappa shape index (κ1) is 8.53. The van der Waals surface area contributed by atoms with Gasteiger partial charge >= 0.3 is 0 Å². The van der Waals surface area contributed by atoms with Crippen molar-refractivity contribution in [3.05, 3.63) is 11.6 Å². The van der Waals surface area contributed by atoms with Gasteiger partial charge in [0, 0.05) is 16.8 Å². The van der Waals surface area contributed by atoms with E-state index in [2.05, 4.69) is 4.98 Å². The van der Waals surface area contributed by atoms with Gasteiger partial charge in [0.2, 0.25) is 0 Å². The van der Waals surface area contributed by atoms with Crippen molar-refractivity contribution in [3.8, 4) is 0 Å². The van der Waals surface area contributed by atoms with E-state index >= 15 is 0 Å². The molecule has 66 valence electrons. The maximum Gasteiger partial charge on any atom is 0.150 e. The first-order valence-corrected chi connectivity index (χ1v) is 5.86. The molecule has 0 saturated heterocycles. The summed E-state index contributed by atoms with van der Waals surface area (Å²) in [5.74, 6) is 0. The molecule has 0 bridgehead atoms. The summed E-state index contributed by atoms with van der Waals surface area (Å²) in [6.45, 7) is 0. The number of thioether (sulfide) groups is 1. The minimum absolute atomic E-state index is 0.112. The van der Waals surface area contributed by atoms with Crippen LogP contribution in [0.2, 0.25) is 0 Å². The standard InChI is InChI=1S/C8H11NOS2/c10-6-2-1-3-7(6)12-8-9-4-5-11-8/h4-7,10H,1-3H2/t6-,7-/m1/s1. The highest BCUT2D eigenvalue weighted by molar-refractivity contribution is 8.01. The predicted molar refractivity (Wildman–Crippen MR) is 51.6 cm³/mol. The Labute approximate surface area is 80.0 Å². The van der Waals surface area contributed by atoms with Crippen LogP contribution in [-0.4, -0.2) is 21.4 Å². The van der Waals surface area contributed by atoms with E-state index in [0.29, 0.717) is 5.25 Å². The Kier molecular flexibility index (Phi) is 2.68. The second-order valence-electron chi connectivity index (χ2n) is 2.95. The number of nitrogens with zero attached hydrogens (tertiary/aromatic N) is 1. The fraction of sp³-hybridized carbons (Fsp3) is 0.625. The summed E-state index contributed by atoms with van der Waals surface area (Å²) in [6.07, 6.45) is 4.95. The maximum atomic E-state index is 9.54. The largest absolute Gasteiger partial charge is 0.392 e. The molecule has 0 radical (unpaired) electrons. The fourth-order valence-electron chi connectivity index (χ4n) is 1.44. The highest BCUT2D eigenvalue weighted by Crippen LogP contribution is 2.35. The zero-order valence-electron chi connectivity index (χ0n) is 6.64.